The van der Waals surface area contributed by atoms with Crippen LogP contribution in [0.3, 0.4) is 0 Å². The van der Waals surface area contributed by atoms with Gasteiger partial charge in [-0.1, -0.05) is 39.8 Å². The van der Waals surface area contributed by atoms with Gasteiger partial charge in [-0.25, -0.2) is 4.79 Å². The maximum Gasteiger partial charge on any atom is 0.389 e. The molecule has 3 aliphatic rings. The summed E-state index contributed by atoms with van der Waals surface area (Å²) in [6.07, 6.45) is 11.7. The Morgan fingerprint density at radius 1 is 1.12 bits per heavy atom. The summed E-state index contributed by atoms with van der Waals surface area (Å²) in [6.45, 7) is 11.6. The molecule has 26 heavy (non-hydrogen) atoms. The van der Waals surface area contributed by atoms with Crippen molar-refractivity contribution in [1.82, 2.24) is 0 Å². The van der Waals surface area contributed by atoms with Crippen LogP contribution in [0.15, 0.2) is 24.0 Å². The molecule has 4 rings (SSSR count). The van der Waals surface area contributed by atoms with E-state index in [9.17, 15) is 4.79 Å². The smallest absolute Gasteiger partial charge is 0.389 e. The van der Waals surface area contributed by atoms with Crippen molar-refractivity contribution in [3.05, 3.63) is 46.2 Å². The molecule has 0 spiro atoms. The number of benzene rings is 1. The topological polar surface area (TPSA) is 26.3 Å². The Morgan fingerprint density at radius 2 is 1.73 bits per heavy atom. The Balaban J connectivity index is 1.84. The first-order chi connectivity index (χ1) is 12.1. The highest BCUT2D eigenvalue weighted by atomic mass is 16.5. The van der Waals surface area contributed by atoms with Crippen molar-refractivity contribution in [2.24, 2.45) is 5.92 Å². The highest BCUT2D eigenvalue weighted by molar-refractivity contribution is 5.88. The second kappa shape index (κ2) is 5.26. The van der Waals surface area contributed by atoms with Crippen molar-refractivity contribution in [2.75, 3.05) is 0 Å². The van der Waals surface area contributed by atoms with E-state index in [1.54, 1.807) is 0 Å². The number of aryl methyl sites for hydroxylation is 1. The van der Waals surface area contributed by atoms with Gasteiger partial charge in [-0.05, 0) is 77.7 Å². The maximum absolute atomic E-state index is 11.7. The largest absolute Gasteiger partial charge is 0.421 e. The molecule has 0 amide bonds. The molecule has 0 radical (unpaired) electrons. The molecule has 2 nitrogen and oxygen atoms in total. The summed E-state index contributed by atoms with van der Waals surface area (Å²) in [5.74, 6) is 2.82. The third-order valence-electron chi connectivity index (χ3n) is 7.13. The van der Waals surface area contributed by atoms with Crippen LogP contribution in [0.5, 0.6) is 0 Å². The number of carbonyl (C=O) groups excluding carboxylic acids is 1. The predicted molar refractivity (Wildman–Crippen MR) is 104 cm³/mol. The first-order valence-corrected chi connectivity index (χ1v) is 9.67. The van der Waals surface area contributed by atoms with E-state index in [-0.39, 0.29) is 16.2 Å². The van der Waals surface area contributed by atoms with E-state index in [0.717, 1.165) is 18.6 Å². The number of esters is 1. The summed E-state index contributed by atoms with van der Waals surface area (Å²) in [5.41, 5.74) is 5.83. The van der Waals surface area contributed by atoms with Crippen molar-refractivity contribution >= 4 is 5.97 Å². The summed E-state index contributed by atoms with van der Waals surface area (Å²) in [5, 5.41) is 0. The van der Waals surface area contributed by atoms with E-state index >= 15 is 0 Å². The van der Waals surface area contributed by atoms with Crippen molar-refractivity contribution < 1.29 is 9.53 Å². The fourth-order valence-corrected chi connectivity index (χ4v) is 5.27. The molecule has 136 valence electrons. The van der Waals surface area contributed by atoms with Crippen molar-refractivity contribution in [2.45, 2.75) is 76.5 Å². The average molecular weight is 348 g/mol. The highest BCUT2D eigenvalue weighted by Gasteiger charge is 2.62. The molecule has 1 fully saturated rings. The number of fused-ring (bicyclic) bond motifs is 2. The van der Waals surface area contributed by atoms with Crippen LogP contribution >= 0.6 is 0 Å². The molecule has 3 aliphatic carbocycles. The predicted octanol–water partition coefficient (Wildman–Crippen LogP) is 5.07. The van der Waals surface area contributed by atoms with Crippen LogP contribution in [0.4, 0.5) is 0 Å². The Bertz CT molecular complexity index is 878. The zero-order valence-corrected chi connectivity index (χ0v) is 16.5. The van der Waals surface area contributed by atoms with Gasteiger partial charge in [0.25, 0.3) is 0 Å². The molecule has 1 saturated carbocycles. The number of rotatable bonds is 2. The molecular formula is C24H28O2. The molecule has 1 aromatic rings. The Hall–Kier alpha value is -2.01. The lowest BCUT2D eigenvalue weighted by Gasteiger charge is -2.43. The number of allylic oxidation sites excluding steroid dienone is 2. The monoisotopic (exact) mass is 348 g/mol. The normalized spacial score (nSPS) is 29.8. The van der Waals surface area contributed by atoms with Gasteiger partial charge in [0.15, 0.2) is 0 Å². The molecule has 1 aromatic carbocycles. The van der Waals surface area contributed by atoms with Crippen LogP contribution in [-0.2, 0) is 25.8 Å². The molecule has 0 N–H and O–H groups in total. The number of carbonyl (C=O) groups is 1. The quantitative estimate of drug-likeness (QED) is 0.424. The second-order valence-corrected chi connectivity index (χ2v) is 9.69. The molecular weight excluding hydrogens is 320 g/mol. The first-order valence-electron chi connectivity index (χ1n) is 9.67. The molecule has 0 aliphatic heterocycles. The maximum atomic E-state index is 11.7. The van der Waals surface area contributed by atoms with E-state index in [1.807, 2.05) is 0 Å². The summed E-state index contributed by atoms with van der Waals surface area (Å²) in [7, 11) is 0. The minimum Gasteiger partial charge on any atom is -0.421 e. The molecule has 2 heteroatoms. The van der Waals surface area contributed by atoms with Gasteiger partial charge in [0.05, 0.1) is 5.41 Å². The number of hydrogen-bond acceptors (Lipinski definition) is 2. The van der Waals surface area contributed by atoms with Gasteiger partial charge in [-0.15, -0.1) is 6.42 Å². The fourth-order valence-electron chi connectivity index (χ4n) is 5.27. The molecule has 0 bridgehead atoms. The fraction of sp³-hybridized carbons (Fsp3) is 0.542. The van der Waals surface area contributed by atoms with Crippen LogP contribution in [0.1, 0.15) is 75.6 Å². The van der Waals surface area contributed by atoms with Gasteiger partial charge in [0.2, 0.25) is 0 Å². The molecule has 2 atom stereocenters. The van der Waals surface area contributed by atoms with E-state index < -0.39 is 5.97 Å². The van der Waals surface area contributed by atoms with Crippen molar-refractivity contribution in [1.29, 1.82) is 0 Å². The van der Waals surface area contributed by atoms with Crippen molar-refractivity contribution in [3.8, 4) is 12.3 Å². The van der Waals surface area contributed by atoms with E-state index in [0.29, 0.717) is 5.92 Å². The minimum absolute atomic E-state index is 0.136. The van der Waals surface area contributed by atoms with Crippen LogP contribution < -0.4 is 0 Å². The van der Waals surface area contributed by atoms with Gasteiger partial charge in [-0.2, -0.15) is 0 Å². The van der Waals surface area contributed by atoms with Crippen LogP contribution in [0.2, 0.25) is 0 Å². The van der Waals surface area contributed by atoms with E-state index in [4.69, 9.17) is 11.2 Å². The van der Waals surface area contributed by atoms with Crippen LogP contribution in [-0.4, -0.2) is 5.97 Å². The van der Waals surface area contributed by atoms with Gasteiger partial charge in [-0.3, -0.25) is 0 Å². The molecule has 0 heterocycles. The summed E-state index contributed by atoms with van der Waals surface area (Å²) < 4.78 is 5.55. The Kier molecular flexibility index (Phi) is 3.52. The average Bonchev–Trinajstić information content (AvgIpc) is 3.21. The third kappa shape index (κ3) is 2.29. The van der Waals surface area contributed by atoms with Gasteiger partial charge < -0.3 is 4.74 Å². The summed E-state index contributed by atoms with van der Waals surface area (Å²) in [6, 6.07) is 4.82. The van der Waals surface area contributed by atoms with Crippen LogP contribution in [0, 0.1) is 25.2 Å². The van der Waals surface area contributed by atoms with Gasteiger partial charge in [0.1, 0.15) is 5.76 Å². The lowest BCUT2D eigenvalue weighted by Crippen LogP contribution is -2.34. The van der Waals surface area contributed by atoms with E-state index in [2.05, 4.69) is 58.7 Å². The number of hydrogen-bond donors (Lipinski definition) is 0. The molecule has 0 saturated heterocycles. The first kappa shape index (κ1) is 17.4. The lowest BCUT2D eigenvalue weighted by atomic mass is 9.62. The summed E-state index contributed by atoms with van der Waals surface area (Å²) in [4.78, 5) is 11.7. The lowest BCUT2D eigenvalue weighted by molar-refractivity contribution is -0.133. The standard InChI is InChI=1S/C24H28O2/c1-7-21(25)26-20-9-8-16-14-24(16,20)17-13-19-18(12-15(17)2)22(3,4)10-11-23(19,5)6/h1,9,12-13,16H,8,10-11,14H2,2-6H3. The molecule has 2 unspecified atom stereocenters. The highest BCUT2D eigenvalue weighted by Crippen LogP contribution is 2.66. The minimum atomic E-state index is -0.583. The van der Waals surface area contributed by atoms with Gasteiger partial charge in [0, 0.05) is 5.92 Å². The summed E-state index contributed by atoms with van der Waals surface area (Å²) >= 11 is 0. The van der Waals surface area contributed by atoms with Gasteiger partial charge >= 0.3 is 5.97 Å². The molecule has 0 aromatic heterocycles. The number of terminal acetylenes is 1. The zero-order chi connectivity index (χ0) is 18.9. The van der Waals surface area contributed by atoms with Crippen molar-refractivity contribution in [3.63, 3.8) is 0 Å². The third-order valence-corrected chi connectivity index (χ3v) is 7.13. The zero-order valence-electron chi connectivity index (χ0n) is 16.5. The second-order valence-electron chi connectivity index (χ2n) is 9.69. The van der Waals surface area contributed by atoms with Crippen LogP contribution in [0.25, 0.3) is 0 Å². The Morgan fingerprint density at radius 3 is 2.31 bits per heavy atom. The number of ether oxygens (including phenoxy) is 1. The SMILES string of the molecule is C#CC(=O)OC1=CCC2CC12c1cc2c(cc1C)C(C)(C)CCC2(C)C. The van der Waals surface area contributed by atoms with E-state index in [1.165, 1.54) is 35.1 Å². The Labute approximate surface area is 157 Å².